The van der Waals surface area contributed by atoms with Crippen LogP contribution in [0.1, 0.15) is 0 Å². The minimum absolute atomic E-state index is 0. The van der Waals surface area contributed by atoms with Crippen molar-refractivity contribution in [2.75, 3.05) is 0 Å². The zero-order valence-electron chi connectivity index (χ0n) is 4.24. The number of nitrogens with two attached hydrogens (primary N) is 1. The third-order valence-electron chi connectivity index (χ3n) is 0.859. The summed E-state index contributed by atoms with van der Waals surface area (Å²) in [4.78, 5) is 10.2. The molecule has 0 radical (unpaired) electrons. The van der Waals surface area contributed by atoms with E-state index in [1.165, 1.54) is 4.57 Å². The maximum atomic E-state index is 10.2. The van der Waals surface area contributed by atoms with Crippen molar-refractivity contribution in [2.24, 2.45) is 5.73 Å². The van der Waals surface area contributed by atoms with Crippen LogP contribution in [-0.2, 0) is 0 Å². The fraction of sp³-hybridized carbons (Fsp3) is 0. The molecule has 1 heterocycles. The van der Waals surface area contributed by atoms with E-state index in [-0.39, 0.29) is 68.9 Å². The number of carbonyl (C=O) groups excluding carboxylic acids is 1. The Kier molecular flexibility index (Phi) is 5.00. The van der Waals surface area contributed by atoms with Gasteiger partial charge in [0, 0.05) is 12.4 Å². The Morgan fingerprint density at radius 3 is 2.00 bits per heavy atom. The van der Waals surface area contributed by atoms with E-state index in [1.807, 2.05) is 0 Å². The van der Waals surface area contributed by atoms with Crippen LogP contribution < -0.4 is 5.73 Å². The van der Waals surface area contributed by atoms with E-state index >= 15 is 0 Å². The average Bonchev–Trinajstić information content (AvgIpc) is 2.12. The van der Waals surface area contributed by atoms with Gasteiger partial charge in [-0.05, 0) is 12.1 Å². The molecule has 0 aliphatic heterocycles. The quantitative estimate of drug-likeness (QED) is 0.673. The second-order valence-corrected chi connectivity index (χ2v) is 1.43. The van der Waals surface area contributed by atoms with Crippen LogP contribution in [0.15, 0.2) is 24.5 Å². The number of hydrogen-bond donors (Lipinski definition) is 1. The summed E-state index contributed by atoms with van der Waals surface area (Å²) < 4.78 is 1.31. The van der Waals surface area contributed by atoms with Crippen molar-refractivity contribution in [3.63, 3.8) is 0 Å². The summed E-state index contributed by atoms with van der Waals surface area (Å²) in [5.41, 5.74) is 4.88. The van der Waals surface area contributed by atoms with Crippen LogP contribution in [0, 0.1) is 0 Å². The molecule has 3 nitrogen and oxygen atoms in total. The van der Waals surface area contributed by atoms with Gasteiger partial charge in [-0.2, -0.15) is 0 Å². The predicted molar refractivity (Wildman–Crippen MR) is 36.6 cm³/mol. The summed E-state index contributed by atoms with van der Waals surface area (Å²) >= 11 is 0. The molecule has 0 fully saturated rings. The van der Waals surface area contributed by atoms with Gasteiger partial charge in [-0.15, -0.1) is 0 Å². The van der Waals surface area contributed by atoms with E-state index in [0.717, 1.165) is 0 Å². The Labute approximate surface area is 112 Å². The van der Waals surface area contributed by atoms with Crippen molar-refractivity contribution in [1.82, 2.24) is 4.57 Å². The molecule has 2 N–H and O–H groups in total. The van der Waals surface area contributed by atoms with Gasteiger partial charge in [0.2, 0.25) is 0 Å². The van der Waals surface area contributed by atoms with Crippen molar-refractivity contribution in [3.8, 4) is 0 Å². The Morgan fingerprint density at radius 2 is 1.78 bits per heavy atom. The van der Waals surface area contributed by atoms with E-state index in [4.69, 9.17) is 5.73 Å². The second kappa shape index (κ2) is 4.59. The molecule has 0 atom stereocenters. The molecule has 1 aromatic rings. The Balaban J connectivity index is 0.000000640. The monoisotopic (exact) mass is 244 g/mol. The minimum atomic E-state index is -0.449. The van der Waals surface area contributed by atoms with Crippen LogP contribution in [0.5, 0.6) is 0 Å². The molecule has 0 spiro atoms. The molecule has 0 aromatic carbocycles. The van der Waals surface area contributed by atoms with E-state index in [9.17, 15) is 4.79 Å². The van der Waals surface area contributed by atoms with Crippen molar-refractivity contribution in [1.29, 1.82) is 0 Å². The van der Waals surface area contributed by atoms with Gasteiger partial charge in [0.15, 0.2) is 0 Å². The number of amides is 1. The van der Waals surface area contributed by atoms with Gasteiger partial charge >= 0.3 is 74.9 Å². The van der Waals surface area contributed by atoms with Gasteiger partial charge in [-0.1, -0.05) is 0 Å². The maximum absolute atomic E-state index is 10.2. The zero-order valence-corrected chi connectivity index (χ0v) is 4.24. The van der Waals surface area contributed by atoms with Gasteiger partial charge in [0.05, 0.1) is 0 Å². The standard InChI is InChI=1S/C5H6N2O.Cs.H/c6-5(8)7-3-1-2-4-7;;/h1-4H,(H2,6,8);;. The molecule has 0 aliphatic rings. The molecule has 44 valence electrons. The van der Waals surface area contributed by atoms with E-state index in [2.05, 4.69) is 0 Å². The number of nitrogens with zero attached hydrogens (tertiary/aromatic N) is 1. The third-order valence-corrected chi connectivity index (χ3v) is 0.859. The SMILES string of the molecule is NC(=O)n1cccc1.[CsH]. The molecule has 4 heteroatoms. The summed E-state index contributed by atoms with van der Waals surface area (Å²) in [6.45, 7) is 0. The summed E-state index contributed by atoms with van der Waals surface area (Å²) in [6, 6.07) is 3.03. The van der Waals surface area contributed by atoms with Crippen molar-refractivity contribution in [2.45, 2.75) is 0 Å². The second-order valence-electron chi connectivity index (χ2n) is 1.43. The van der Waals surface area contributed by atoms with E-state index in [0.29, 0.717) is 0 Å². The fourth-order valence-electron chi connectivity index (χ4n) is 0.481. The van der Waals surface area contributed by atoms with Crippen molar-refractivity contribution in [3.05, 3.63) is 24.5 Å². The molecule has 1 rings (SSSR count). The Bertz CT molecular complexity index is 183. The number of aromatic nitrogens is 1. The third kappa shape index (κ3) is 2.92. The summed E-state index contributed by atoms with van der Waals surface area (Å²) in [6.07, 6.45) is 3.20. The Hall–Kier alpha value is 0.802. The molecule has 0 bridgehead atoms. The van der Waals surface area contributed by atoms with Crippen LogP contribution in [0.3, 0.4) is 0 Å². The first-order chi connectivity index (χ1) is 3.80. The van der Waals surface area contributed by atoms with Gasteiger partial charge in [0.25, 0.3) is 0 Å². The van der Waals surface area contributed by atoms with Crippen LogP contribution >= 0.6 is 0 Å². The van der Waals surface area contributed by atoms with Crippen LogP contribution in [0.4, 0.5) is 4.79 Å². The summed E-state index contributed by atoms with van der Waals surface area (Å²) in [7, 11) is 0. The van der Waals surface area contributed by atoms with Crippen molar-refractivity contribution < 1.29 is 4.79 Å². The van der Waals surface area contributed by atoms with Gasteiger partial charge in [-0.25, -0.2) is 4.79 Å². The first-order valence-corrected chi connectivity index (χ1v) is 2.23. The summed E-state index contributed by atoms with van der Waals surface area (Å²) in [5.74, 6) is 0. The molecule has 9 heavy (non-hydrogen) atoms. The number of carbonyl (C=O) groups is 1. The van der Waals surface area contributed by atoms with Gasteiger partial charge in [0.1, 0.15) is 0 Å². The van der Waals surface area contributed by atoms with Gasteiger partial charge < -0.3 is 5.73 Å². The molecular formula is C5H7CsN2O. The van der Waals surface area contributed by atoms with Crippen molar-refractivity contribution >= 4 is 74.9 Å². The van der Waals surface area contributed by atoms with Crippen LogP contribution in [-0.4, -0.2) is 79.5 Å². The van der Waals surface area contributed by atoms with Crippen LogP contribution in [0.2, 0.25) is 0 Å². The average molecular weight is 244 g/mol. The van der Waals surface area contributed by atoms with Gasteiger partial charge in [-0.3, -0.25) is 4.57 Å². The number of rotatable bonds is 0. The molecule has 0 unspecified atom stereocenters. The fourth-order valence-corrected chi connectivity index (χ4v) is 0.481. The topological polar surface area (TPSA) is 48.0 Å². The number of hydrogen-bond acceptors (Lipinski definition) is 1. The molecular weight excluding hydrogens is 237 g/mol. The van der Waals surface area contributed by atoms with E-state index in [1.54, 1.807) is 24.5 Å². The van der Waals surface area contributed by atoms with Crippen LogP contribution in [0.25, 0.3) is 0 Å². The first kappa shape index (κ1) is 9.80. The predicted octanol–water partition coefficient (Wildman–Crippen LogP) is -0.234. The molecule has 0 saturated carbocycles. The Morgan fingerprint density at radius 1 is 1.33 bits per heavy atom. The molecule has 0 saturated heterocycles. The summed E-state index contributed by atoms with van der Waals surface area (Å²) in [5, 5.41) is 0. The molecule has 1 aromatic heterocycles. The number of primary amides is 1. The first-order valence-electron chi connectivity index (χ1n) is 2.23. The zero-order chi connectivity index (χ0) is 5.98. The normalized spacial score (nSPS) is 8.00. The van der Waals surface area contributed by atoms with E-state index < -0.39 is 6.03 Å². The molecule has 1 amide bonds. The molecule has 0 aliphatic carbocycles.